The molecule has 0 saturated heterocycles. The number of anilines is 2. The van der Waals surface area contributed by atoms with Crippen LogP contribution in [0.2, 0.25) is 0 Å². The number of carbonyl (C=O) groups is 1. The number of nitrogens with one attached hydrogen (secondary N) is 1. The molecular weight excluding hydrogens is 306 g/mol. The number of rotatable bonds is 6. The van der Waals surface area contributed by atoms with Crippen LogP contribution in [0.15, 0.2) is 22.7 Å². The van der Waals surface area contributed by atoms with Crippen molar-refractivity contribution in [1.82, 2.24) is 5.32 Å². The van der Waals surface area contributed by atoms with Gasteiger partial charge in [0.2, 0.25) is 5.91 Å². The van der Waals surface area contributed by atoms with Gasteiger partial charge in [0.15, 0.2) is 0 Å². The number of hydrogen-bond acceptors (Lipinski definition) is 3. The highest BCUT2D eigenvalue weighted by atomic mass is 79.9. The Hall–Kier alpha value is -1.23. The average Bonchev–Trinajstić information content (AvgIpc) is 2.37. The van der Waals surface area contributed by atoms with E-state index in [0.717, 1.165) is 29.5 Å². The highest BCUT2D eigenvalue weighted by Gasteiger charge is 2.19. The van der Waals surface area contributed by atoms with Gasteiger partial charge < -0.3 is 16.0 Å². The number of nitrogens with two attached hydrogens (primary N) is 1. The van der Waals surface area contributed by atoms with Gasteiger partial charge in [-0.3, -0.25) is 4.79 Å². The summed E-state index contributed by atoms with van der Waals surface area (Å²) in [6.45, 7) is 4.70. The summed E-state index contributed by atoms with van der Waals surface area (Å²) in [5.74, 6) is 0.0262. The normalized spacial score (nSPS) is 12.0. The first-order valence-electron chi connectivity index (χ1n) is 6.53. The Balaban J connectivity index is 2.70. The van der Waals surface area contributed by atoms with Crippen LogP contribution in [0.5, 0.6) is 0 Å². The maximum absolute atomic E-state index is 12.0. The van der Waals surface area contributed by atoms with E-state index in [-0.39, 0.29) is 11.9 Å². The van der Waals surface area contributed by atoms with Crippen LogP contribution >= 0.6 is 15.9 Å². The van der Waals surface area contributed by atoms with Crippen molar-refractivity contribution in [1.29, 1.82) is 0 Å². The summed E-state index contributed by atoms with van der Waals surface area (Å²) in [7, 11) is 1.88. The minimum atomic E-state index is -0.250. The molecule has 0 saturated carbocycles. The minimum absolute atomic E-state index is 0.0262. The Labute approximate surface area is 123 Å². The van der Waals surface area contributed by atoms with Crippen molar-refractivity contribution in [2.45, 2.75) is 32.7 Å². The van der Waals surface area contributed by atoms with E-state index in [4.69, 9.17) is 5.73 Å². The predicted octanol–water partition coefficient (Wildman–Crippen LogP) is 2.77. The number of nitrogens with zero attached hydrogens (tertiary/aromatic N) is 1. The number of carbonyl (C=O) groups excluding carboxylic acids is 1. The quantitative estimate of drug-likeness (QED) is 0.624. The highest BCUT2D eigenvalue weighted by molar-refractivity contribution is 9.10. The molecule has 3 N–H and O–H groups in total. The molecule has 0 heterocycles. The van der Waals surface area contributed by atoms with Crippen LogP contribution in [0.4, 0.5) is 11.4 Å². The lowest BCUT2D eigenvalue weighted by atomic mass is 10.2. The second-order valence-corrected chi connectivity index (χ2v) is 5.55. The maximum atomic E-state index is 12.0. The van der Waals surface area contributed by atoms with Crippen LogP contribution < -0.4 is 16.0 Å². The van der Waals surface area contributed by atoms with Gasteiger partial charge in [-0.05, 0) is 31.5 Å². The number of unbranched alkanes of at least 4 members (excludes halogenated alkanes) is 1. The zero-order valence-corrected chi connectivity index (χ0v) is 13.3. The number of amides is 1. The molecule has 0 fully saturated rings. The second-order valence-electron chi connectivity index (χ2n) is 4.63. The molecule has 0 aliphatic heterocycles. The van der Waals surface area contributed by atoms with E-state index in [1.807, 2.05) is 37.1 Å². The van der Waals surface area contributed by atoms with Crippen LogP contribution in [0.25, 0.3) is 0 Å². The van der Waals surface area contributed by atoms with Gasteiger partial charge >= 0.3 is 0 Å². The lowest BCUT2D eigenvalue weighted by Crippen LogP contribution is -2.43. The van der Waals surface area contributed by atoms with Crippen molar-refractivity contribution in [2.24, 2.45) is 0 Å². The SMILES string of the molecule is CCCCNC(=O)C(C)N(C)c1ccc(Br)cc1N. The second kappa shape index (κ2) is 7.38. The Morgan fingerprint density at radius 1 is 1.53 bits per heavy atom. The Morgan fingerprint density at radius 2 is 2.21 bits per heavy atom. The molecule has 0 aromatic heterocycles. The van der Waals surface area contributed by atoms with E-state index in [1.54, 1.807) is 0 Å². The fraction of sp³-hybridized carbons (Fsp3) is 0.500. The largest absolute Gasteiger partial charge is 0.397 e. The van der Waals surface area contributed by atoms with E-state index in [9.17, 15) is 4.79 Å². The molecule has 1 atom stereocenters. The Morgan fingerprint density at radius 3 is 2.79 bits per heavy atom. The predicted molar refractivity (Wildman–Crippen MR) is 84.3 cm³/mol. The molecule has 0 radical (unpaired) electrons. The zero-order valence-electron chi connectivity index (χ0n) is 11.7. The summed E-state index contributed by atoms with van der Waals surface area (Å²) < 4.78 is 0.933. The third-order valence-electron chi connectivity index (χ3n) is 3.16. The number of hydrogen-bond donors (Lipinski definition) is 2. The molecule has 1 rings (SSSR count). The maximum Gasteiger partial charge on any atom is 0.242 e. The van der Waals surface area contributed by atoms with Gasteiger partial charge in [0.1, 0.15) is 6.04 Å². The molecule has 19 heavy (non-hydrogen) atoms. The summed E-state index contributed by atoms with van der Waals surface area (Å²) in [5.41, 5.74) is 7.50. The molecule has 1 unspecified atom stereocenters. The summed E-state index contributed by atoms with van der Waals surface area (Å²) in [4.78, 5) is 13.9. The average molecular weight is 328 g/mol. The number of benzene rings is 1. The Bertz CT molecular complexity index is 437. The van der Waals surface area contributed by atoms with Gasteiger partial charge in [-0.25, -0.2) is 0 Å². The third kappa shape index (κ3) is 4.42. The van der Waals surface area contributed by atoms with Gasteiger partial charge in [-0.15, -0.1) is 0 Å². The Kier molecular flexibility index (Phi) is 6.15. The van der Waals surface area contributed by atoms with E-state index < -0.39 is 0 Å². The van der Waals surface area contributed by atoms with Crippen molar-refractivity contribution in [3.63, 3.8) is 0 Å². The van der Waals surface area contributed by atoms with Crippen molar-refractivity contribution < 1.29 is 4.79 Å². The fourth-order valence-corrected chi connectivity index (χ4v) is 2.15. The first-order valence-corrected chi connectivity index (χ1v) is 7.32. The molecule has 0 aliphatic rings. The minimum Gasteiger partial charge on any atom is -0.397 e. The molecule has 106 valence electrons. The van der Waals surface area contributed by atoms with Crippen molar-refractivity contribution in [2.75, 3.05) is 24.2 Å². The topological polar surface area (TPSA) is 58.4 Å². The van der Waals surface area contributed by atoms with E-state index in [0.29, 0.717) is 5.69 Å². The van der Waals surface area contributed by atoms with Gasteiger partial charge in [-0.1, -0.05) is 29.3 Å². The number of likely N-dealkylation sites (N-methyl/N-ethyl adjacent to an activating group) is 1. The monoisotopic (exact) mass is 327 g/mol. The standard InChI is InChI=1S/C14H22BrN3O/c1-4-5-8-17-14(19)10(2)18(3)13-7-6-11(15)9-12(13)16/h6-7,9-10H,4-5,8,16H2,1-3H3,(H,17,19). The van der Waals surface area contributed by atoms with Crippen molar-refractivity contribution in [3.05, 3.63) is 22.7 Å². The van der Waals surface area contributed by atoms with Crippen LogP contribution in [-0.4, -0.2) is 25.5 Å². The van der Waals surface area contributed by atoms with E-state index in [1.165, 1.54) is 0 Å². The molecule has 5 heteroatoms. The van der Waals surface area contributed by atoms with Crippen molar-refractivity contribution in [3.8, 4) is 0 Å². The van der Waals surface area contributed by atoms with Gasteiger partial charge in [-0.2, -0.15) is 0 Å². The van der Waals surface area contributed by atoms with Crippen LogP contribution in [0, 0.1) is 0 Å². The van der Waals surface area contributed by atoms with E-state index in [2.05, 4.69) is 28.2 Å². The van der Waals surface area contributed by atoms with Crippen LogP contribution in [0.1, 0.15) is 26.7 Å². The van der Waals surface area contributed by atoms with Crippen LogP contribution in [0.3, 0.4) is 0 Å². The molecule has 1 aromatic carbocycles. The van der Waals surface area contributed by atoms with E-state index >= 15 is 0 Å². The highest BCUT2D eigenvalue weighted by Crippen LogP contribution is 2.27. The molecule has 1 amide bonds. The molecular formula is C14H22BrN3O. The fourth-order valence-electron chi connectivity index (χ4n) is 1.77. The third-order valence-corrected chi connectivity index (χ3v) is 3.65. The molecule has 1 aromatic rings. The molecule has 4 nitrogen and oxygen atoms in total. The molecule has 0 aliphatic carbocycles. The zero-order chi connectivity index (χ0) is 14.4. The smallest absolute Gasteiger partial charge is 0.242 e. The van der Waals surface area contributed by atoms with Crippen molar-refractivity contribution >= 4 is 33.2 Å². The first kappa shape index (κ1) is 15.8. The molecule has 0 spiro atoms. The van der Waals surface area contributed by atoms with Gasteiger partial charge in [0, 0.05) is 18.1 Å². The summed E-state index contributed by atoms with van der Waals surface area (Å²) in [5, 5.41) is 2.93. The lowest BCUT2D eigenvalue weighted by molar-refractivity contribution is -0.122. The van der Waals surface area contributed by atoms with Crippen LogP contribution in [-0.2, 0) is 4.79 Å². The van der Waals surface area contributed by atoms with Gasteiger partial charge in [0.05, 0.1) is 11.4 Å². The number of nitrogen functional groups attached to an aromatic ring is 1. The molecule has 0 bridgehead atoms. The summed E-state index contributed by atoms with van der Waals surface area (Å²) in [6.07, 6.45) is 2.08. The summed E-state index contributed by atoms with van der Waals surface area (Å²) >= 11 is 3.38. The lowest BCUT2D eigenvalue weighted by Gasteiger charge is -2.27. The summed E-state index contributed by atoms with van der Waals surface area (Å²) in [6, 6.07) is 5.42. The number of halogens is 1. The van der Waals surface area contributed by atoms with Gasteiger partial charge in [0.25, 0.3) is 0 Å². The first-order chi connectivity index (χ1) is 8.97.